The summed E-state index contributed by atoms with van der Waals surface area (Å²) < 4.78 is 0. The van der Waals surface area contributed by atoms with Crippen molar-refractivity contribution in [3.8, 4) is 0 Å². The lowest BCUT2D eigenvalue weighted by molar-refractivity contribution is 0.281. The average molecular weight is 241 g/mol. The average Bonchev–Trinajstić information content (AvgIpc) is 2.39. The van der Waals surface area contributed by atoms with E-state index in [2.05, 4.69) is 36.1 Å². The maximum absolute atomic E-state index is 9.33. The van der Waals surface area contributed by atoms with Gasteiger partial charge >= 0.3 is 0 Å². The molecule has 0 aliphatic rings. The van der Waals surface area contributed by atoms with Gasteiger partial charge in [-0.3, -0.25) is 0 Å². The summed E-state index contributed by atoms with van der Waals surface area (Å²) in [5, 5.41) is 9.33. The van der Waals surface area contributed by atoms with E-state index in [0.717, 1.165) is 16.8 Å². The van der Waals surface area contributed by atoms with Crippen molar-refractivity contribution in [3.63, 3.8) is 0 Å². The van der Waals surface area contributed by atoms with Gasteiger partial charge in [-0.1, -0.05) is 24.3 Å². The summed E-state index contributed by atoms with van der Waals surface area (Å²) in [6, 6.07) is 14.5. The summed E-state index contributed by atoms with van der Waals surface area (Å²) in [6.07, 6.45) is 0. The molecular weight excluding hydrogens is 222 g/mol. The Bertz CT molecular complexity index is 549. The van der Waals surface area contributed by atoms with Crippen LogP contribution in [0.3, 0.4) is 0 Å². The van der Waals surface area contributed by atoms with Crippen LogP contribution in [0.15, 0.2) is 42.5 Å². The molecule has 0 amide bonds. The third kappa shape index (κ3) is 2.39. The lowest BCUT2D eigenvalue weighted by Gasteiger charge is -2.22. The molecule has 0 saturated heterocycles. The molecule has 94 valence electrons. The van der Waals surface area contributed by atoms with Crippen molar-refractivity contribution in [2.24, 2.45) is 0 Å². The van der Waals surface area contributed by atoms with E-state index in [9.17, 15) is 5.11 Å². The van der Waals surface area contributed by atoms with Gasteiger partial charge in [0.2, 0.25) is 0 Å². The lowest BCUT2D eigenvalue weighted by atomic mass is 10.1. The van der Waals surface area contributed by atoms with Crippen molar-refractivity contribution >= 4 is 11.4 Å². The van der Waals surface area contributed by atoms with E-state index >= 15 is 0 Å². The van der Waals surface area contributed by atoms with Crippen LogP contribution in [0.25, 0.3) is 0 Å². The number of para-hydroxylation sites is 1. The maximum Gasteiger partial charge on any atom is 0.0685 e. The largest absolute Gasteiger partial charge is 0.392 e. The molecule has 2 nitrogen and oxygen atoms in total. The number of aryl methyl sites for hydroxylation is 2. The first-order valence-corrected chi connectivity index (χ1v) is 6.13. The molecule has 0 fully saturated rings. The fourth-order valence-corrected chi connectivity index (χ4v) is 2.12. The van der Waals surface area contributed by atoms with E-state index in [1.165, 1.54) is 11.3 Å². The van der Waals surface area contributed by atoms with Crippen LogP contribution in [0.4, 0.5) is 11.4 Å². The minimum atomic E-state index is 0.0846. The van der Waals surface area contributed by atoms with Gasteiger partial charge in [-0.05, 0) is 48.7 Å². The molecule has 2 rings (SSSR count). The zero-order valence-electron chi connectivity index (χ0n) is 11.1. The van der Waals surface area contributed by atoms with Gasteiger partial charge in [0.15, 0.2) is 0 Å². The van der Waals surface area contributed by atoms with Crippen LogP contribution in [0.1, 0.15) is 16.7 Å². The Balaban J connectivity index is 2.40. The highest BCUT2D eigenvalue weighted by molar-refractivity contribution is 5.66. The molecule has 0 bridgehead atoms. The first kappa shape index (κ1) is 12.7. The van der Waals surface area contributed by atoms with Crippen molar-refractivity contribution < 1.29 is 5.11 Å². The van der Waals surface area contributed by atoms with Gasteiger partial charge in [-0.2, -0.15) is 0 Å². The quantitative estimate of drug-likeness (QED) is 0.888. The van der Waals surface area contributed by atoms with E-state index in [-0.39, 0.29) is 6.61 Å². The highest BCUT2D eigenvalue weighted by Crippen LogP contribution is 2.27. The molecule has 2 aromatic rings. The van der Waals surface area contributed by atoms with E-state index in [1.807, 2.05) is 32.2 Å². The van der Waals surface area contributed by atoms with Gasteiger partial charge in [-0.15, -0.1) is 0 Å². The first-order chi connectivity index (χ1) is 8.63. The van der Waals surface area contributed by atoms with Crippen LogP contribution in [0, 0.1) is 13.8 Å². The summed E-state index contributed by atoms with van der Waals surface area (Å²) in [4.78, 5) is 2.15. The summed E-state index contributed by atoms with van der Waals surface area (Å²) in [5.74, 6) is 0. The molecule has 0 radical (unpaired) electrons. The third-order valence-electron chi connectivity index (χ3n) is 3.37. The molecule has 0 aromatic heterocycles. The van der Waals surface area contributed by atoms with Gasteiger partial charge in [0.1, 0.15) is 0 Å². The number of rotatable bonds is 3. The van der Waals surface area contributed by atoms with Gasteiger partial charge in [0.25, 0.3) is 0 Å². The Morgan fingerprint density at radius 3 is 2.39 bits per heavy atom. The number of hydrogen-bond donors (Lipinski definition) is 1. The molecule has 2 aromatic carbocycles. The summed E-state index contributed by atoms with van der Waals surface area (Å²) in [5.41, 5.74) is 5.63. The van der Waals surface area contributed by atoms with E-state index < -0.39 is 0 Å². The minimum Gasteiger partial charge on any atom is -0.392 e. The first-order valence-electron chi connectivity index (χ1n) is 6.13. The predicted octanol–water partition coefficient (Wildman–Crippen LogP) is 3.56. The molecule has 0 saturated carbocycles. The van der Waals surface area contributed by atoms with Crippen molar-refractivity contribution in [1.82, 2.24) is 0 Å². The van der Waals surface area contributed by atoms with Crippen molar-refractivity contribution in [3.05, 3.63) is 59.2 Å². The van der Waals surface area contributed by atoms with Crippen molar-refractivity contribution in [1.29, 1.82) is 0 Å². The number of nitrogens with zero attached hydrogens (tertiary/aromatic N) is 1. The number of hydrogen-bond acceptors (Lipinski definition) is 2. The second kappa shape index (κ2) is 5.23. The molecule has 0 unspecified atom stereocenters. The predicted molar refractivity (Wildman–Crippen MR) is 76.3 cm³/mol. The van der Waals surface area contributed by atoms with E-state index in [0.29, 0.717) is 0 Å². The summed E-state index contributed by atoms with van der Waals surface area (Å²) >= 11 is 0. The molecule has 0 spiro atoms. The van der Waals surface area contributed by atoms with Crippen LogP contribution in [-0.4, -0.2) is 12.2 Å². The Morgan fingerprint density at radius 1 is 1.00 bits per heavy atom. The van der Waals surface area contributed by atoms with Crippen LogP contribution in [-0.2, 0) is 6.61 Å². The molecule has 1 N–H and O–H groups in total. The fourth-order valence-electron chi connectivity index (χ4n) is 2.12. The third-order valence-corrected chi connectivity index (χ3v) is 3.37. The van der Waals surface area contributed by atoms with Gasteiger partial charge in [0, 0.05) is 18.4 Å². The van der Waals surface area contributed by atoms with Gasteiger partial charge in [-0.25, -0.2) is 0 Å². The van der Waals surface area contributed by atoms with Gasteiger partial charge < -0.3 is 10.0 Å². The zero-order valence-corrected chi connectivity index (χ0v) is 11.1. The highest BCUT2D eigenvalue weighted by atomic mass is 16.3. The van der Waals surface area contributed by atoms with Crippen LogP contribution >= 0.6 is 0 Å². The van der Waals surface area contributed by atoms with Crippen LogP contribution < -0.4 is 4.90 Å². The molecule has 0 heterocycles. The summed E-state index contributed by atoms with van der Waals surface area (Å²) in [7, 11) is 2.05. The minimum absolute atomic E-state index is 0.0846. The Morgan fingerprint density at radius 2 is 1.72 bits per heavy atom. The smallest absolute Gasteiger partial charge is 0.0685 e. The Kier molecular flexibility index (Phi) is 3.68. The van der Waals surface area contributed by atoms with E-state index in [1.54, 1.807) is 0 Å². The number of anilines is 2. The number of aliphatic hydroxyl groups excluding tert-OH is 1. The second-order valence-electron chi connectivity index (χ2n) is 4.61. The molecule has 0 atom stereocenters. The zero-order chi connectivity index (χ0) is 13.1. The Hall–Kier alpha value is -1.80. The lowest BCUT2D eigenvalue weighted by Crippen LogP contribution is -2.11. The fraction of sp³-hybridized carbons (Fsp3) is 0.250. The maximum atomic E-state index is 9.33. The molecular formula is C16H19NO. The summed E-state index contributed by atoms with van der Waals surface area (Å²) in [6.45, 7) is 4.21. The van der Waals surface area contributed by atoms with E-state index in [4.69, 9.17) is 0 Å². The van der Waals surface area contributed by atoms with Crippen molar-refractivity contribution in [2.45, 2.75) is 20.5 Å². The molecule has 0 aliphatic heterocycles. The molecule has 0 aliphatic carbocycles. The number of aliphatic hydroxyl groups is 1. The topological polar surface area (TPSA) is 23.5 Å². The molecule has 18 heavy (non-hydrogen) atoms. The second-order valence-corrected chi connectivity index (χ2v) is 4.61. The molecule has 2 heteroatoms. The van der Waals surface area contributed by atoms with Crippen LogP contribution in [0.2, 0.25) is 0 Å². The van der Waals surface area contributed by atoms with Gasteiger partial charge in [0.05, 0.1) is 6.61 Å². The normalized spacial score (nSPS) is 10.4. The SMILES string of the molecule is Cc1ccc(N(C)c2ccccc2C)cc1CO. The number of benzene rings is 2. The Labute approximate surface area is 109 Å². The van der Waals surface area contributed by atoms with Crippen LogP contribution in [0.5, 0.6) is 0 Å². The standard InChI is InChI=1S/C16H19NO/c1-12-8-9-15(10-14(12)11-18)17(3)16-7-5-4-6-13(16)2/h4-10,18H,11H2,1-3H3. The van der Waals surface area contributed by atoms with Crippen molar-refractivity contribution in [2.75, 3.05) is 11.9 Å². The highest BCUT2D eigenvalue weighted by Gasteiger charge is 2.07. The monoisotopic (exact) mass is 241 g/mol.